The van der Waals surface area contributed by atoms with Gasteiger partial charge in [0, 0.05) is 35.1 Å². The van der Waals surface area contributed by atoms with Crippen molar-refractivity contribution in [1.82, 2.24) is 5.48 Å². The summed E-state index contributed by atoms with van der Waals surface area (Å²) in [6.45, 7) is 3.05. The molecule has 0 spiro atoms. The number of hydrogen-bond acceptors (Lipinski definition) is 6. The van der Waals surface area contributed by atoms with Crippen molar-refractivity contribution >= 4 is 11.8 Å². The molecule has 0 aliphatic heterocycles. The molecule has 2 rings (SSSR count). The highest BCUT2D eigenvalue weighted by Gasteiger charge is 2.38. The van der Waals surface area contributed by atoms with Crippen LogP contribution in [0.3, 0.4) is 0 Å². The largest absolute Gasteiger partial charge is 0.396 e. The zero-order chi connectivity index (χ0) is 21.8. The summed E-state index contributed by atoms with van der Waals surface area (Å²) < 4.78 is 0. The summed E-state index contributed by atoms with van der Waals surface area (Å²) in [5.41, 5.74) is 12.8. The molecule has 1 aliphatic carbocycles. The topological polar surface area (TPSA) is 159 Å². The van der Waals surface area contributed by atoms with Gasteiger partial charge in [-0.25, -0.2) is 5.48 Å². The molecular formula is C21H25N3O5. The summed E-state index contributed by atoms with van der Waals surface area (Å²) in [4.78, 5) is 24.0. The smallest absolute Gasteiger partial charge is 0.252 e. The molecule has 154 valence electrons. The van der Waals surface area contributed by atoms with E-state index in [1.165, 1.54) is 12.1 Å². The molecule has 8 N–H and O–H groups in total. The van der Waals surface area contributed by atoms with Crippen LogP contribution in [0.1, 0.15) is 47.7 Å². The van der Waals surface area contributed by atoms with E-state index in [0.717, 1.165) is 0 Å². The van der Waals surface area contributed by atoms with Crippen molar-refractivity contribution in [1.29, 1.82) is 0 Å². The van der Waals surface area contributed by atoms with Crippen molar-refractivity contribution in [3.63, 3.8) is 0 Å². The summed E-state index contributed by atoms with van der Waals surface area (Å²) in [5, 5.41) is 27.8. The van der Waals surface area contributed by atoms with E-state index >= 15 is 0 Å². The van der Waals surface area contributed by atoms with Crippen LogP contribution in [0.15, 0.2) is 18.2 Å². The molecule has 29 heavy (non-hydrogen) atoms. The number of hydroxylamine groups is 1. The number of aliphatic hydroxyl groups is 2. The van der Waals surface area contributed by atoms with E-state index in [4.69, 9.17) is 16.7 Å². The number of primary amides is 1. The predicted molar refractivity (Wildman–Crippen MR) is 105 cm³/mol. The number of carbonyl (C=O) groups excluding carboxylic acids is 2. The maximum Gasteiger partial charge on any atom is 0.252 e. The van der Waals surface area contributed by atoms with Gasteiger partial charge in [-0.05, 0) is 55.9 Å². The Labute approximate surface area is 169 Å². The van der Waals surface area contributed by atoms with Gasteiger partial charge < -0.3 is 21.7 Å². The van der Waals surface area contributed by atoms with E-state index in [9.17, 15) is 19.8 Å². The van der Waals surface area contributed by atoms with Crippen LogP contribution in [-0.2, 0) is 4.79 Å². The number of amides is 2. The van der Waals surface area contributed by atoms with Gasteiger partial charge in [0.1, 0.15) is 0 Å². The Morgan fingerprint density at radius 2 is 2.03 bits per heavy atom. The third kappa shape index (κ3) is 5.14. The van der Waals surface area contributed by atoms with Gasteiger partial charge in [-0.1, -0.05) is 11.8 Å². The van der Waals surface area contributed by atoms with E-state index in [0.29, 0.717) is 12.0 Å². The number of hydrogen-bond donors (Lipinski definition) is 6. The third-order valence-corrected chi connectivity index (χ3v) is 4.99. The number of carbonyl (C=O) groups is 2. The predicted octanol–water partition coefficient (Wildman–Crippen LogP) is -0.544. The minimum atomic E-state index is -1.10. The quantitative estimate of drug-likeness (QED) is 0.221. The number of aliphatic hydroxyl groups excluding tert-OH is 2. The van der Waals surface area contributed by atoms with Crippen LogP contribution < -0.4 is 16.9 Å². The van der Waals surface area contributed by atoms with E-state index in [2.05, 4.69) is 23.7 Å². The highest BCUT2D eigenvalue weighted by molar-refractivity contribution is 5.97. The molecule has 0 saturated heterocycles. The van der Waals surface area contributed by atoms with Crippen molar-refractivity contribution in [2.75, 3.05) is 6.61 Å². The van der Waals surface area contributed by atoms with E-state index in [1.54, 1.807) is 25.4 Å². The fraction of sp³-hybridized carbons (Fsp3) is 0.429. The molecule has 1 aliphatic rings. The normalized spacial score (nSPS) is 21.5. The SMILES string of the molecule is CC(C)(N)[C@@H](C(=O)NO)c1cc(C#CC#C[C@H]2C[C@H](O)[C@H]2CO)ccc1C(N)=O. The number of benzene rings is 1. The average molecular weight is 399 g/mol. The molecule has 8 heteroatoms. The van der Waals surface area contributed by atoms with Crippen LogP contribution in [-0.4, -0.2) is 45.5 Å². The van der Waals surface area contributed by atoms with Crippen LogP contribution in [0.2, 0.25) is 0 Å². The van der Waals surface area contributed by atoms with Crippen LogP contribution >= 0.6 is 0 Å². The van der Waals surface area contributed by atoms with E-state index in [-0.39, 0.29) is 29.6 Å². The lowest BCUT2D eigenvalue weighted by molar-refractivity contribution is -0.132. The average Bonchev–Trinajstić information content (AvgIpc) is 2.63. The molecule has 1 fully saturated rings. The van der Waals surface area contributed by atoms with Gasteiger partial charge in [0.15, 0.2) is 0 Å². The first-order chi connectivity index (χ1) is 13.6. The van der Waals surface area contributed by atoms with Gasteiger partial charge in [-0.15, -0.1) is 0 Å². The lowest BCUT2D eigenvalue weighted by Gasteiger charge is -2.37. The molecule has 1 aromatic carbocycles. The summed E-state index contributed by atoms with van der Waals surface area (Å²) >= 11 is 0. The number of nitrogens with two attached hydrogens (primary N) is 2. The molecular weight excluding hydrogens is 374 g/mol. The monoisotopic (exact) mass is 399 g/mol. The molecule has 8 nitrogen and oxygen atoms in total. The highest BCUT2D eigenvalue weighted by Crippen LogP contribution is 2.33. The van der Waals surface area contributed by atoms with Crippen LogP contribution in [0.5, 0.6) is 0 Å². The fourth-order valence-electron chi connectivity index (χ4n) is 3.38. The third-order valence-electron chi connectivity index (χ3n) is 4.99. The fourth-order valence-corrected chi connectivity index (χ4v) is 3.38. The number of nitrogens with one attached hydrogen (secondary N) is 1. The Kier molecular flexibility index (Phi) is 7.02. The second-order valence-corrected chi connectivity index (χ2v) is 7.67. The van der Waals surface area contributed by atoms with E-state index < -0.39 is 29.4 Å². The Balaban J connectivity index is 2.37. The summed E-state index contributed by atoms with van der Waals surface area (Å²) in [7, 11) is 0. The molecule has 0 radical (unpaired) electrons. The first-order valence-corrected chi connectivity index (χ1v) is 9.07. The Morgan fingerprint density at radius 1 is 1.34 bits per heavy atom. The highest BCUT2D eigenvalue weighted by atomic mass is 16.5. The van der Waals surface area contributed by atoms with Gasteiger partial charge in [0.25, 0.3) is 5.91 Å². The minimum Gasteiger partial charge on any atom is -0.396 e. The van der Waals surface area contributed by atoms with Crippen molar-refractivity contribution in [2.24, 2.45) is 23.3 Å². The van der Waals surface area contributed by atoms with Crippen molar-refractivity contribution < 1.29 is 25.0 Å². The maximum atomic E-state index is 12.2. The second kappa shape index (κ2) is 9.08. The minimum absolute atomic E-state index is 0.100. The first kappa shape index (κ1) is 22.4. The standard InChI is InChI=1S/C21H25N3O5/c1-21(2,23)18(20(28)24-29)15-9-12(7-8-14(15)19(22)27)5-3-4-6-13-10-17(26)16(13)11-25/h7-9,13,16-18,25-26,29H,10-11,23H2,1-2H3,(H2,22,27)(H,24,28)/t13-,16-,17-,18+/m0/s1. The molecule has 4 atom stereocenters. The molecule has 2 amide bonds. The van der Waals surface area contributed by atoms with Gasteiger partial charge in [0.05, 0.1) is 12.0 Å². The zero-order valence-electron chi connectivity index (χ0n) is 16.3. The van der Waals surface area contributed by atoms with Gasteiger partial charge in [-0.2, -0.15) is 0 Å². The Morgan fingerprint density at radius 3 is 2.55 bits per heavy atom. The van der Waals surface area contributed by atoms with Crippen molar-refractivity contribution in [3.8, 4) is 23.7 Å². The van der Waals surface area contributed by atoms with Crippen LogP contribution in [0.25, 0.3) is 0 Å². The Hall–Kier alpha value is -2.88. The molecule has 0 bridgehead atoms. The molecule has 1 saturated carbocycles. The van der Waals surface area contributed by atoms with Crippen LogP contribution in [0, 0.1) is 35.5 Å². The van der Waals surface area contributed by atoms with Gasteiger partial charge in [-0.3, -0.25) is 14.8 Å². The van der Waals surface area contributed by atoms with Crippen molar-refractivity contribution in [3.05, 3.63) is 34.9 Å². The lowest BCUT2D eigenvalue weighted by atomic mass is 9.72. The molecule has 0 aromatic heterocycles. The first-order valence-electron chi connectivity index (χ1n) is 9.07. The number of rotatable bonds is 5. The van der Waals surface area contributed by atoms with Crippen molar-refractivity contribution in [2.45, 2.75) is 37.8 Å². The molecule has 1 aromatic rings. The molecule has 0 unspecified atom stereocenters. The van der Waals surface area contributed by atoms with E-state index in [1.807, 2.05) is 0 Å². The Bertz CT molecular complexity index is 914. The van der Waals surface area contributed by atoms with Gasteiger partial charge >= 0.3 is 0 Å². The second-order valence-electron chi connectivity index (χ2n) is 7.67. The van der Waals surface area contributed by atoms with Crippen LogP contribution in [0.4, 0.5) is 0 Å². The van der Waals surface area contributed by atoms with Gasteiger partial charge in [0.2, 0.25) is 5.91 Å². The summed E-state index contributed by atoms with van der Waals surface area (Å²) in [6.07, 6.45) is -0.0358. The zero-order valence-corrected chi connectivity index (χ0v) is 16.3. The summed E-state index contributed by atoms with van der Waals surface area (Å²) in [5.74, 6) is 8.20. The molecule has 0 heterocycles. The summed E-state index contributed by atoms with van der Waals surface area (Å²) in [6, 6.07) is 4.54. The lowest BCUT2D eigenvalue weighted by Crippen LogP contribution is -2.47. The maximum absolute atomic E-state index is 12.2.